The van der Waals surface area contributed by atoms with Crippen molar-refractivity contribution >= 4 is 22.3 Å². The van der Waals surface area contributed by atoms with E-state index in [2.05, 4.69) is 4.74 Å². The lowest BCUT2D eigenvalue weighted by atomic mass is 10.1. The molecular weight excluding hydrogens is 250 g/mol. The van der Waals surface area contributed by atoms with Gasteiger partial charge in [0.2, 0.25) is 0 Å². The number of aliphatic hydroxyl groups is 1. The molecule has 0 unspecified atom stereocenters. The molecule has 0 aliphatic carbocycles. The molecule has 0 fully saturated rings. The van der Waals surface area contributed by atoms with E-state index in [4.69, 9.17) is 10.8 Å². The summed E-state index contributed by atoms with van der Waals surface area (Å²) >= 11 is 1.34. The minimum absolute atomic E-state index is 0.0142. The van der Waals surface area contributed by atoms with E-state index in [1.807, 2.05) is 24.3 Å². The van der Waals surface area contributed by atoms with E-state index in [-0.39, 0.29) is 6.61 Å². The molecule has 0 spiro atoms. The highest BCUT2D eigenvalue weighted by Gasteiger charge is 2.15. The van der Waals surface area contributed by atoms with E-state index in [0.717, 1.165) is 16.0 Å². The van der Waals surface area contributed by atoms with Crippen molar-refractivity contribution in [3.8, 4) is 10.4 Å². The Morgan fingerprint density at radius 3 is 2.61 bits per heavy atom. The second-order valence-corrected chi connectivity index (χ2v) is 4.82. The van der Waals surface area contributed by atoms with Crippen LogP contribution in [0.5, 0.6) is 0 Å². The Hall–Kier alpha value is -1.85. The summed E-state index contributed by atoms with van der Waals surface area (Å²) in [4.78, 5) is 12.4. The van der Waals surface area contributed by atoms with Gasteiger partial charge in [-0.25, -0.2) is 4.79 Å². The number of methoxy groups -OCH3 is 1. The molecule has 1 aromatic heterocycles. The lowest BCUT2D eigenvalue weighted by molar-refractivity contribution is 0.0602. The van der Waals surface area contributed by atoms with Crippen LogP contribution >= 0.6 is 11.3 Å². The minimum Gasteiger partial charge on any atom is -0.465 e. The van der Waals surface area contributed by atoms with Crippen molar-refractivity contribution in [3.63, 3.8) is 0 Å². The Balaban J connectivity index is 2.36. The molecule has 0 radical (unpaired) electrons. The number of hydrogen-bond acceptors (Lipinski definition) is 5. The first-order valence-corrected chi connectivity index (χ1v) is 6.15. The predicted molar refractivity (Wildman–Crippen MR) is 71.4 cm³/mol. The predicted octanol–water partition coefficient (Wildman–Crippen LogP) is 2.28. The van der Waals surface area contributed by atoms with Gasteiger partial charge in [0.25, 0.3) is 0 Å². The van der Waals surface area contributed by atoms with Crippen molar-refractivity contribution in [2.45, 2.75) is 6.61 Å². The van der Waals surface area contributed by atoms with E-state index in [1.165, 1.54) is 18.4 Å². The van der Waals surface area contributed by atoms with Crippen LogP contribution in [0.15, 0.2) is 30.3 Å². The minimum atomic E-state index is -0.429. The molecular formula is C13H13NO3S. The summed E-state index contributed by atoms with van der Waals surface area (Å²) in [6, 6.07) is 9.17. The topological polar surface area (TPSA) is 72.5 Å². The van der Waals surface area contributed by atoms with E-state index >= 15 is 0 Å². The molecule has 0 saturated carbocycles. The monoisotopic (exact) mass is 263 g/mol. The van der Waals surface area contributed by atoms with Crippen LogP contribution in [0.3, 0.4) is 0 Å². The third-order valence-corrected chi connectivity index (χ3v) is 3.60. The molecule has 5 heteroatoms. The first-order valence-electron chi connectivity index (χ1n) is 5.33. The van der Waals surface area contributed by atoms with Crippen LogP contribution in [0, 0.1) is 0 Å². The first kappa shape index (κ1) is 12.6. The molecule has 4 nitrogen and oxygen atoms in total. The molecule has 0 aliphatic heterocycles. The van der Waals surface area contributed by atoms with Gasteiger partial charge in [0.05, 0.1) is 19.3 Å². The largest absolute Gasteiger partial charge is 0.465 e. The fraction of sp³-hybridized carbons (Fsp3) is 0.154. The van der Waals surface area contributed by atoms with Crippen molar-refractivity contribution in [2.24, 2.45) is 0 Å². The van der Waals surface area contributed by atoms with Gasteiger partial charge >= 0.3 is 5.97 Å². The van der Waals surface area contributed by atoms with Crippen LogP contribution in [0.4, 0.5) is 5.00 Å². The molecule has 2 aromatic rings. The highest BCUT2D eigenvalue weighted by Crippen LogP contribution is 2.33. The van der Waals surface area contributed by atoms with E-state index in [0.29, 0.717) is 10.6 Å². The Labute approximate surface area is 109 Å². The molecule has 94 valence electrons. The number of hydrogen-bond donors (Lipinski definition) is 2. The van der Waals surface area contributed by atoms with Gasteiger partial charge in [-0.2, -0.15) is 0 Å². The first-order chi connectivity index (χ1) is 8.65. The summed E-state index contributed by atoms with van der Waals surface area (Å²) in [5.41, 5.74) is 7.98. The fourth-order valence-corrected chi connectivity index (χ4v) is 2.51. The quantitative estimate of drug-likeness (QED) is 0.833. The number of carbonyl (C=O) groups excluding carboxylic acids is 1. The zero-order valence-corrected chi connectivity index (χ0v) is 10.7. The summed E-state index contributed by atoms with van der Waals surface area (Å²) in [7, 11) is 1.33. The number of thiophene rings is 1. The number of benzene rings is 1. The fourth-order valence-electron chi connectivity index (χ4n) is 1.59. The summed E-state index contributed by atoms with van der Waals surface area (Å²) in [5.74, 6) is -0.429. The molecule has 1 heterocycles. The molecule has 0 bridgehead atoms. The molecule has 0 aliphatic rings. The number of aliphatic hydroxyl groups excluding tert-OH is 1. The number of anilines is 1. The number of ether oxygens (including phenoxy) is 1. The summed E-state index contributed by atoms with van der Waals surface area (Å²) < 4.78 is 4.66. The van der Waals surface area contributed by atoms with Gasteiger partial charge < -0.3 is 15.6 Å². The Kier molecular flexibility index (Phi) is 3.64. The molecule has 1 aromatic carbocycles. The van der Waals surface area contributed by atoms with Crippen LogP contribution in [0.2, 0.25) is 0 Å². The lowest BCUT2D eigenvalue weighted by Crippen LogP contribution is -2.01. The van der Waals surface area contributed by atoms with E-state index in [1.54, 1.807) is 6.07 Å². The van der Waals surface area contributed by atoms with Gasteiger partial charge in [0, 0.05) is 4.88 Å². The average molecular weight is 263 g/mol. The molecule has 0 amide bonds. The summed E-state index contributed by atoms with van der Waals surface area (Å²) in [6.07, 6.45) is 0. The van der Waals surface area contributed by atoms with Crippen LogP contribution in [0.1, 0.15) is 15.9 Å². The third-order valence-electron chi connectivity index (χ3n) is 2.59. The number of rotatable bonds is 3. The molecule has 18 heavy (non-hydrogen) atoms. The number of nitrogen functional groups attached to an aromatic ring is 1. The van der Waals surface area contributed by atoms with Crippen LogP contribution < -0.4 is 5.73 Å². The standard InChI is InChI=1S/C13H13NO3S/c1-17-13(16)10-6-11(18-12(10)14)9-4-2-8(7-15)3-5-9/h2-6,15H,7,14H2,1H3. The highest BCUT2D eigenvalue weighted by atomic mass is 32.1. The Bertz CT molecular complexity index is 560. The zero-order chi connectivity index (χ0) is 13.1. The van der Waals surface area contributed by atoms with Gasteiger partial charge in [-0.05, 0) is 17.2 Å². The highest BCUT2D eigenvalue weighted by molar-refractivity contribution is 7.19. The number of carbonyl (C=O) groups is 1. The third kappa shape index (κ3) is 2.37. The van der Waals surface area contributed by atoms with Crippen LogP contribution in [0.25, 0.3) is 10.4 Å². The average Bonchev–Trinajstić information content (AvgIpc) is 2.80. The van der Waals surface area contributed by atoms with Crippen LogP contribution in [-0.4, -0.2) is 18.2 Å². The van der Waals surface area contributed by atoms with Crippen molar-refractivity contribution in [1.82, 2.24) is 0 Å². The maximum absolute atomic E-state index is 11.5. The summed E-state index contributed by atoms with van der Waals surface area (Å²) in [6.45, 7) is 0.0142. The maximum Gasteiger partial charge on any atom is 0.340 e. The van der Waals surface area contributed by atoms with Crippen molar-refractivity contribution in [3.05, 3.63) is 41.5 Å². The SMILES string of the molecule is COC(=O)c1cc(-c2ccc(CO)cc2)sc1N. The maximum atomic E-state index is 11.5. The second-order valence-electron chi connectivity index (χ2n) is 3.74. The molecule has 3 N–H and O–H groups in total. The second kappa shape index (κ2) is 5.20. The normalized spacial score (nSPS) is 10.3. The molecule has 0 saturated heterocycles. The number of nitrogens with two attached hydrogens (primary N) is 1. The van der Waals surface area contributed by atoms with Gasteiger partial charge in [-0.3, -0.25) is 0 Å². The smallest absolute Gasteiger partial charge is 0.340 e. The lowest BCUT2D eigenvalue weighted by Gasteiger charge is -1.99. The number of esters is 1. The van der Waals surface area contributed by atoms with Gasteiger partial charge in [0.1, 0.15) is 5.00 Å². The zero-order valence-electron chi connectivity index (χ0n) is 9.84. The van der Waals surface area contributed by atoms with E-state index < -0.39 is 5.97 Å². The van der Waals surface area contributed by atoms with Gasteiger partial charge in [-0.15, -0.1) is 11.3 Å². The van der Waals surface area contributed by atoms with E-state index in [9.17, 15) is 4.79 Å². The molecule has 2 rings (SSSR count). The van der Waals surface area contributed by atoms with Crippen molar-refractivity contribution in [2.75, 3.05) is 12.8 Å². The van der Waals surface area contributed by atoms with Crippen LogP contribution in [-0.2, 0) is 11.3 Å². The van der Waals surface area contributed by atoms with Crippen molar-refractivity contribution in [1.29, 1.82) is 0 Å². The van der Waals surface area contributed by atoms with Crippen molar-refractivity contribution < 1.29 is 14.6 Å². The van der Waals surface area contributed by atoms with Gasteiger partial charge in [-0.1, -0.05) is 24.3 Å². The molecule has 0 atom stereocenters. The Morgan fingerprint density at radius 2 is 2.06 bits per heavy atom. The summed E-state index contributed by atoms with van der Waals surface area (Å²) in [5, 5.41) is 9.42. The van der Waals surface area contributed by atoms with Gasteiger partial charge in [0.15, 0.2) is 0 Å². The Morgan fingerprint density at radius 1 is 1.39 bits per heavy atom.